The molecule has 1 aromatic carbocycles. The Morgan fingerprint density at radius 1 is 1.06 bits per heavy atom. The number of pyridine rings is 1. The van der Waals surface area contributed by atoms with E-state index in [1.165, 1.54) is 6.42 Å². The molecule has 2 unspecified atom stereocenters. The Balaban J connectivity index is 1.20. The van der Waals surface area contributed by atoms with Crippen LogP contribution in [0.25, 0.3) is 5.65 Å². The number of thioether (sulfide) groups is 1. The van der Waals surface area contributed by atoms with Gasteiger partial charge in [-0.2, -0.15) is 0 Å². The van der Waals surface area contributed by atoms with Gasteiger partial charge in [0.2, 0.25) is 0 Å². The number of carbonyl (C=O) groups excluding carboxylic acids is 1. The largest absolute Gasteiger partial charge is 0.347 e. The van der Waals surface area contributed by atoms with E-state index in [1.807, 2.05) is 47.1 Å². The summed E-state index contributed by atoms with van der Waals surface area (Å²) in [4.78, 5) is 20.8. The predicted octanol–water partition coefficient (Wildman–Crippen LogP) is 3.01. The number of aromatic nitrogens is 2. The lowest BCUT2D eigenvalue weighted by molar-refractivity contribution is 0.0900. The van der Waals surface area contributed by atoms with Crippen LogP contribution in [0.1, 0.15) is 35.3 Å². The quantitative estimate of drug-likeness (QED) is 0.542. The van der Waals surface area contributed by atoms with Crippen LogP contribution in [-0.4, -0.2) is 65.3 Å². The normalized spacial score (nSPS) is 23.0. The molecule has 33 heavy (non-hydrogen) atoms. The van der Waals surface area contributed by atoms with Gasteiger partial charge in [0.25, 0.3) is 5.91 Å². The van der Waals surface area contributed by atoms with Gasteiger partial charge in [0.05, 0.1) is 23.2 Å². The molecular formula is C24H28N4O3S2. The van der Waals surface area contributed by atoms with Gasteiger partial charge in [-0.25, -0.2) is 13.4 Å². The minimum Gasteiger partial charge on any atom is -0.347 e. The minimum atomic E-state index is -3.14. The van der Waals surface area contributed by atoms with Crippen LogP contribution in [-0.2, 0) is 15.6 Å². The standard InChI is InChI=1S/C24H28N4O3S2/c29-24(26-21-16-33(30,31)17-22(21)27-11-3-1-4-12-27)18-7-9-20(10-8-18)32-15-19-14-28-13-5-2-6-23(28)25-19/h2,5-10,13-14,21-22H,1,3-4,11-12,15-17H2,(H,26,29). The second kappa shape index (κ2) is 9.48. The molecule has 2 fully saturated rings. The van der Waals surface area contributed by atoms with Gasteiger partial charge < -0.3 is 9.72 Å². The monoisotopic (exact) mass is 484 g/mol. The zero-order chi connectivity index (χ0) is 22.8. The Morgan fingerprint density at radius 3 is 2.61 bits per heavy atom. The molecule has 5 rings (SSSR count). The van der Waals surface area contributed by atoms with Crippen molar-refractivity contribution in [1.82, 2.24) is 19.6 Å². The van der Waals surface area contributed by atoms with E-state index in [1.54, 1.807) is 23.9 Å². The molecule has 0 bridgehead atoms. The summed E-state index contributed by atoms with van der Waals surface area (Å²) in [6.07, 6.45) is 7.37. The summed E-state index contributed by atoms with van der Waals surface area (Å²) in [6, 6.07) is 12.9. The molecule has 2 aromatic heterocycles. The highest BCUT2D eigenvalue weighted by Crippen LogP contribution is 2.25. The molecule has 2 aliphatic heterocycles. The summed E-state index contributed by atoms with van der Waals surface area (Å²) in [6.45, 7) is 1.82. The number of likely N-dealkylation sites (tertiary alicyclic amines) is 1. The van der Waals surface area contributed by atoms with Crippen molar-refractivity contribution in [2.75, 3.05) is 24.6 Å². The fraction of sp³-hybridized carbons (Fsp3) is 0.417. The Labute approximate surface area is 198 Å². The van der Waals surface area contributed by atoms with Gasteiger partial charge in [-0.3, -0.25) is 9.69 Å². The molecule has 2 atom stereocenters. The van der Waals surface area contributed by atoms with Crippen LogP contribution in [0.5, 0.6) is 0 Å². The number of nitrogens with one attached hydrogen (secondary N) is 1. The summed E-state index contributed by atoms with van der Waals surface area (Å²) in [5, 5.41) is 3.01. The van der Waals surface area contributed by atoms with Gasteiger partial charge in [-0.15, -0.1) is 11.8 Å². The third-order valence-corrected chi connectivity index (χ3v) is 9.18. The van der Waals surface area contributed by atoms with Gasteiger partial charge >= 0.3 is 0 Å². The first kappa shape index (κ1) is 22.4. The highest BCUT2D eigenvalue weighted by molar-refractivity contribution is 7.98. The molecule has 2 saturated heterocycles. The molecule has 0 radical (unpaired) electrons. The van der Waals surface area contributed by atoms with E-state index in [-0.39, 0.29) is 29.5 Å². The lowest BCUT2D eigenvalue weighted by Crippen LogP contribution is -2.52. The van der Waals surface area contributed by atoms with E-state index >= 15 is 0 Å². The maximum atomic E-state index is 12.9. The van der Waals surface area contributed by atoms with Crippen LogP contribution in [0, 0.1) is 0 Å². The van der Waals surface area contributed by atoms with E-state index in [0.717, 1.165) is 47.9 Å². The summed E-state index contributed by atoms with van der Waals surface area (Å²) < 4.78 is 26.6. The number of carbonyl (C=O) groups is 1. The van der Waals surface area contributed by atoms with Crippen molar-refractivity contribution in [3.05, 3.63) is 66.1 Å². The average Bonchev–Trinajstić information content (AvgIpc) is 3.38. The van der Waals surface area contributed by atoms with Crippen LogP contribution < -0.4 is 5.32 Å². The van der Waals surface area contributed by atoms with Gasteiger partial charge in [-0.05, 0) is 62.3 Å². The lowest BCUT2D eigenvalue weighted by Gasteiger charge is -2.35. The molecule has 1 amide bonds. The number of rotatable bonds is 6. The minimum absolute atomic E-state index is 0.0207. The van der Waals surface area contributed by atoms with Crippen molar-refractivity contribution in [1.29, 1.82) is 0 Å². The van der Waals surface area contributed by atoms with E-state index < -0.39 is 9.84 Å². The van der Waals surface area contributed by atoms with Gasteiger partial charge in [0.15, 0.2) is 9.84 Å². The summed E-state index contributed by atoms with van der Waals surface area (Å²) in [5.41, 5.74) is 2.48. The number of fused-ring (bicyclic) bond motifs is 1. The first-order valence-corrected chi connectivity index (χ1v) is 14.2. The highest BCUT2D eigenvalue weighted by atomic mass is 32.2. The zero-order valence-corrected chi connectivity index (χ0v) is 20.0. The number of piperidine rings is 1. The third-order valence-electron chi connectivity index (χ3n) is 6.42. The number of amides is 1. The van der Waals surface area contributed by atoms with Crippen LogP contribution in [0.4, 0.5) is 0 Å². The van der Waals surface area contributed by atoms with Crippen LogP contribution in [0.3, 0.4) is 0 Å². The van der Waals surface area contributed by atoms with Crippen molar-refractivity contribution >= 4 is 33.2 Å². The number of sulfone groups is 1. The first-order valence-electron chi connectivity index (χ1n) is 11.4. The molecule has 0 aliphatic carbocycles. The molecular weight excluding hydrogens is 456 g/mol. The molecule has 7 nitrogen and oxygen atoms in total. The smallest absolute Gasteiger partial charge is 0.251 e. The Morgan fingerprint density at radius 2 is 1.85 bits per heavy atom. The SMILES string of the molecule is O=C(NC1CS(=O)(=O)CC1N1CCCCC1)c1ccc(SCc2cn3ccccc3n2)cc1. The van der Waals surface area contributed by atoms with Crippen LogP contribution in [0.15, 0.2) is 59.8 Å². The van der Waals surface area contributed by atoms with Crippen LogP contribution in [0.2, 0.25) is 0 Å². The van der Waals surface area contributed by atoms with E-state index in [2.05, 4.69) is 15.2 Å². The van der Waals surface area contributed by atoms with E-state index in [9.17, 15) is 13.2 Å². The molecule has 0 spiro atoms. The van der Waals surface area contributed by atoms with Crippen molar-refractivity contribution in [3.8, 4) is 0 Å². The molecule has 9 heteroatoms. The molecule has 4 heterocycles. The summed E-state index contributed by atoms with van der Waals surface area (Å²) >= 11 is 1.67. The molecule has 2 aliphatic rings. The zero-order valence-electron chi connectivity index (χ0n) is 18.4. The van der Waals surface area contributed by atoms with Crippen molar-refractivity contribution in [2.45, 2.75) is 42.0 Å². The number of hydrogen-bond acceptors (Lipinski definition) is 6. The van der Waals surface area contributed by atoms with Crippen LogP contribution >= 0.6 is 11.8 Å². The molecule has 0 saturated carbocycles. The van der Waals surface area contributed by atoms with Crippen molar-refractivity contribution < 1.29 is 13.2 Å². The fourth-order valence-corrected chi connectivity index (χ4v) is 7.48. The molecule has 1 N–H and O–H groups in total. The number of imidazole rings is 1. The summed E-state index contributed by atoms with van der Waals surface area (Å²) in [7, 11) is -3.14. The van der Waals surface area contributed by atoms with E-state index in [0.29, 0.717) is 5.56 Å². The highest BCUT2D eigenvalue weighted by Gasteiger charge is 2.41. The van der Waals surface area contributed by atoms with Gasteiger partial charge in [0.1, 0.15) is 5.65 Å². The number of hydrogen-bond donors (Lipinski definition) is 1. The Kier molecular flexibility index (Phi) is 6.44. The Hall–Kier alpha value is -2.36. The lowest BCUT2D eigenvalue weighted by atomic mass is 10.0. The first-order chi connectivity index (χ1) is 16.0. The maximum absolute atomic E-state index is 12.9. The molecule has 3 aromatic rings. The average molecular weight is 485 g/mol. The second-order valence-electron chi connectivity index (χ2n) is 8.83. The molecule has 174 valence electrons. The Bertz CT molecular complexity index is 1200. The van der Waals surface area contributed by atoms with E-state index in [4.69, 9.17) is 0 Å². The van der Waals surface area contributed by atoms with Crippen molar-refractivity contribution in [2.24, 2.45) is 0 Å². The number of benzene rings is 1. The van der Waals surface area contributed by atoms with Gasteiger partial charge in [0, 0.05) is 34.6 Å². The third kappa shape index (κ3) is 5.26. The summed E-state index contributed by atoms with van der Waals surface area (Å²) in [5.74, 6) is 0.685. The van der Waals surface area contributed by atoms with Crippen molar-refractivity contribution in [3.63, 3.8) is 0 Å². The number of nitrogens with zero attached hydrogens (tertiary/aromatic N) is 3. The van der Waals surface area contributed by atoms with Gasteiger partial charge in [-0.1, -0.05) is 12.5 Å². The fourth-order valence-electron chi connectivity index (χ4n) is 4.75. The topological polar surface area (TPSA) is 83.8 Å². The second-order valence-corrected chi connectivity index (χ2v) is 12.0. The maximum Gasteiger partial charge on any atom is 0.251 e. The predicted molar refractivity (Wildman–Crippen MR) is 130 cm³/mol.